The number of pyridine rings is 1. The zero-order valence-corrected chi connectivity index (χ0v) is 18.4. The highest BCUT2D eigenvalue weighted by Gasteiger charge is 2.26. The van der Waals surface area contributed by atoms with Crippen molar-refractivity contribution in [3.8, 4) is 5.88 Å². The van der Waals surface area contributed by atoms with Gasteiger partial charge in [0.15, 0.2) is 11.3 Å². The van der Waals surface area contributed by atoms with Crippen LogP contribution in [0.3, 0.4) is 0 Å². The van der Waals surface area contributed by atoms with Crippen LogP contribution in [0.5, 0.6) is 5.88 Å². The second-order valence-electron chi connectivity index (χ2n) is 8.75. The lowest BCUT2D eigenvalue weighted by atomic mass is 9.96. The maximum absolute atomic E-state index is 13.4. The van der Waals surface area contributed by atoms with Crippen LogP contribution in [-0.4, -0.2) is 54.6 Å². The third-order valence-electron chi connectivity index (χ3n) is 6.32. The van der Waals surface area contributed by atoms with Crippen molar-refractivity contribution in [1.29, 1.82) is 0 Å². The molecule has 33 heavy (non-hydrogen) atoms. The normalized spacial score (nSPS) is 19.0. The molecule has 1 saturated carbocycles. The minimum Gasteiger partial charge on any atom is -0.474 e. The number of aromatic nitrogens is 6. The maximum atomic E-state index is 13.4. The molecule has 1 aliphatic heterocycles. The number of nitrogens with one attached hydrogen (secondary N) is 1. The summed E-state index contributed by atoms with van der Waals surface area (Å²) in [5.74, 6) is 0.00105. The van der Waals surface area contributed by atoms with Gasteiger partial charge < -0.3 is 14.8 Å². The molecular weight excluding hydrogens is 422 g/mol. The van der Waals surface area contributed by atoms with Gasteiger partial charge in [0.2, 0.25) is 5.88 Å². The minimum atomic E-state index is -0.314. The molecule has 0 aromatic carbocycles. The third kappa shape index (κ3) is 3.80. The second kappa shape index (κ2) is 8.11. The van der Waals surface area contributed by atoms with E-state index in [1.54, 1.807) is 10.7 Å². The summed E-state index contributed by atoms with van der Waals surface area (Å²) in [7, 11) is 0. The van der Waals surface area contributed by atoms with Crippen molar-refractivity contribution in [1.82, 2.24) is 29.4 Å². The monoisotopic (exact) mass is 447 g/mol. The Labute approximate surface area is 189 Å². The zero-order chi connectivity index (χ0) is 22.4. The highest BCUT2D eigenvalue weighted by molar-refractivity contribution is 6.08. The Morgan fingerprint density at radius 1 is 1.24 bits per heavy atom. The molecule has 170 valence electrons. The summed E-state index contributed by atoms with van der Waals surface area (Å²) in [4.78, 5) is 22.5. The van der Waals surface area contributed by atoms with Crippen molar-refractivity contribution in [2.75, 3.05) is 18.5 Å². The molecule has 1 N–H and O–H groups in total. The molecule has 5 heterocycles. The first-order valence-corrected chi connectivity index (χ1v) is 11.4. The summed E-state index contributed by atoms with van der Waals surface area (Å²) in [6.07, 6.45) is 10.5. The Hall–Kier alpha value is -3.53. The fraction of sp³-hybridized carbons (Fsp3) is 0.435. The van der Waals surface area contributed by atoms with Gasteiger partial charge in [-0.2, -0.15) is 15.2 Å². The Kier molecular flexibility index (Phi) is 4.94. The van der Waals surface area contributed by atoms with E-state index in [0.717, 1.165) is 49.8 Å². The molecule has 0 radical (unpaired) electrons. The summed E-state index contributed by atoms with van der Waals surface area (Å²) in [5.41, 5.74) is 2.91. The van der Waals surface area contributed by atoms with E-state index < -0.39 is 0 Å². The van der Waals surface area contributed by atoms with Crippen LogP contribution in [0.1, 0.15) is 54.2 Å². The number of hydrogen-bond donors (Lipinski definition) is 1. The van der Waals surface area contributed by atoms with Crippen LogP contribution in [-0.2, 0) is 4.74 Å². The molecule has 1 atom stereocenters. The van der Waals surface area contributed by atoms with Crippen molar-refractivity contribution in [3.05, 3.63) is 42.0 Å². The van der Waals surface area contributed by atoms with Crippen molar-refractivity contribution in [2.24, 2.45) is 0 Å². The van der Waals surface area contributed by atoms with Gasteiger partial charge in [-0.25, -0.2) is 9.50 Å². The molecule has 1 amide bonds. The number of aryl methyl sites for hydroxylation is 1. The summed E-state index contributed by atoms with van der Waals surface area (Å²) in [6, 6.07) is 3.85. The van der Waals surface area contributed by atoms with Crippen LogP contribution in [0.2, 0.25) is 0 Å². The highest BCUT2D eigenvalue weighted by atomic mass is 16.5. The molecule has 0 bridgehead atoms. The van der Waals surface area contributed by atoms with E-state index in [1.807, 2.05) is 36.1 Å². The average molecular weight is 447 g/mol. The molecule has 10 heteroatoms. The van der Waals surface area contributed by atoms with Gasteiger partial charge in [0.25, 0.3) is 5.91 Å². The Morgan fingerprint density at radius 2 is 2.15 bits per heavy atom. The number of hydrogen-bond acceptors (Lipinski definition) is 7. The lowest BCUT2D eigenvalue weighted by Crippen LogP contribution is -2.26. The maximum Gasteiger partial charge on any atom is 0.261 e. The molecular formula is C23H25N7O3. The van der Waals surface area contributed by atoms with Crippen LogP contribution in [0.15, 0.2) is 30.7 Å². The molecule has 4 aromatic rings. The fourth-order valence-electron chi connectivity index (χ4n) is 4.21. The van der Waals surface area contributed by atoms with Crippen molar-refractivity contribution in [2.45, 2.75) is 51.2 Å². The predicted octanol–water partition coefficient (Wildman–Crippen LogP) is 3.32. The van der Waals surface area contributed by atoms with Gasteiger partial charge in [-0.05, 0) is 51.2 Å². The third-order valence-corrected chi connectivity index (χ3v) is 6.32. The Morgan fingerprint density at radius 3 is 2.94 bits per heavy atom. The van der Waals surface area contributed by atoms with E-state index in [4.69, 9.17) is 9.47 Å². The number of fused-ring (bicyclic) bond motifs is 2. The van der Waals surface area contributed by atoms with Crippen molar-refractivity contribution in [3.63, 3.8) is 0 Å². The number of nitrogens with zero attached hydrogens (tertiary/aromatic N) is 6. The number of carbonyl (C=O) groups is 1. The number of carbonyl (C=O) groups excluding carboxylic acids is 1. The molecule has 2 fully saturated rings. The minimum absolute atomic E-state index is 0.0802. The lowest BCUT2D eigenvalue weighted by Gasteiger charge is -2.26. The molecule has 0 spiro atoms. The average Bonchev–Trinajstić information content (AvgIpc) is 3.39. The standard InChI is InChI=1S/C23H25N7O3/c1-14-7-8-29-21(25-14)19(11-24-29)26-22(31)18-10-15-12-30(16-4-3-9-32-13-16)28-20(15)27-23(18)33-17-5-2-6-17/h7-8,10-12,16-17H,2-6,9,13H2,1H3,(H,26,31). The van der Waals surface area contributed by atoms with Crippen molar-refractivity contribution < 1.29 is 14.3 Å². The first-order valence-electron chi connectivity index (χ1n) is 11.4. The van der Waals surface area contributed by atoms with E-state index in [1.165, 1.54) is 0 Å². The number of rotatable bonds is 5. The lowest BCUT2D eigenvalue weighted by molar-refractivity contribution is 0.0551. The van der Waals surface area contributed by atoms with Gasteiger partial charge in [-0.3, -0.25) is 9.48 Å². The molecule has 1 unspecified atom stereocenters. The van der Waals surface area contributed by atoms with Gasteiger partial charge in [-0.15, -0.1) is 0 Å². The number of anilines is 1. The van der Waals surface area contributed by atoms with E-state index >= 15 is 0 Å². The molecule has 1 saturated heterocycles. The van der Waals surface area contributed by atoms with Crippen LogP contribution in [0, 0.1) is 6.92 Å². The summed E-state index contributed by atoms with van der Waals surface area (Å²) >= 11 is 0. The first-order chi connectivity index (χ1) is 16.1. The Balaban J connectivity index is 1.36. The SMILES string of the molecule is Cc1ccn2ncc(NC(=O)c3cc4cn(C5CCCOC5)nc4nc3OC3CCC3)c2n1. The highest BCUT2D eigenvalue weighted by Crippen LogP contribution is 2.30. The molecule has 6 rings (SSSR count). The zero-order valence-electron chi connectivity index (χ0n) is 18.4. The quantitative estimate of drug-likeness (QED) is 0.500. The van der Waals surface area contributed by atoms with Crippen LogP contribution < -0.4 is 10.1 Å². The van der Waals surface area contributed by atoms with E-state index in [9.17, 15) is 4.79 Å². The first kappa shape index (κ1) is 20.1. The van der Waals surface area contributed by atoms with E-state index in [2.05, 4.69) is 25.5 Å². The van der Waals surface area contributed by atoms with E-state index in [0.29, 0.717) is 35.0 Å². The summed E-state index contributed by atoms with van der Waals surface area (Å²) < 4.78 is 15.3. The summed E-state index contributed by atoms with van der Waals surface area (Å²) in [6.45, 7) is 3.32. The molecule has 4 aromatic heterocycles. The largest absolute Gasteiger partial charge is 0.474 e. The second-order valence-corrected chi connectivity index (χ2v) is 8.75. The topological polar surface area (TPSA) is 108 Å². The number of ether oxygens (including phenoxy) is 2. The van der Waals surface area contributed by atoms with Gasteiger partial charge >= 0.3 is 0 Å². The molecule has 1 aliphatic carbocycles. The fourth-order valence-corrected chi connectivity index (χ4v) is 4.21. The molecule has 10 nitrogen and oxygen atoms in total. The Bertz CT molecular complexity index is 1330. The van der Waals surface area contributed by atoms with Gasteiger partial charge in [0.05, 0.1) is 18.8 Å². The van der Waals surface area contributed by atoms with Gasteiger partial charge in [-0.1, -0.05) is 0 Å². The summed E-state index contributed by atoms with van der Waals surface area (Å²) in [5, 5.41) is 12.7. The predicted molar refractivity (Wildman–Crippen MR) is 121 cm³/mol. The molecule has 2 aliphatic rings. The van der Waals surface area contributed by atoms with Gasteiger partial charge in [0, 0.05) is 30.1 Å². The smallest absolute Gasteiger partial charge is 0.261 e. The van der Waals surface area contributed by atoms with Gasteiger partial charge in [0.1, 0.15) is 17.4 Å². The van der Waals surface area contributed by atoms with E-state index in [-0.39, 0.29) is 18.1 Å². The van der Waals surface area contributed by atoms with Crippen LogP contribution in [0.4, 0.5) is 5.69 Å². The van der Waals surface area contributed by atoms with Crippen LogP contribution in [0.25, 0.3) is 16.7 Å². The number of amides is 1. The van der Waals surface area contributed by atoms with Crippen LogP contribution >= 0.6 is 0 Å². The van der Waals surface area contributed by atoms with Crippen molar-refractivity contribution >= 4 is 28.3 Å².